The highest BCUT2D eigenvalue weighted by atomic mass is 32.2. The van der Waals surface area contributed by atoms with Gasteiger partial charge in [-0.25, -0.2) is 9.97 Å². The number of nitrogens with zero attached hydrogens (tertiary/aromatic N) is 4. The molecule has 0 bridgehead atoms. The van der Waals surface area contributed by atoms with E-state index in [1.807, 2.05) is 30.8 Å². The van der Waals surface area contributed by atoms with Crippen LogP contribution >= 0.6 is 11.8 Å². The van der Waals surface area contributed by atoms with E-state index in [2.05, 4.69) is 15.0 Å². The van der Waals surface area contributed by atoms with E-state index in [1.165, 1.54) is 0 Å². The van der Waals surface area contributed by atoms with Crippen LogP contribution < -0.4 is 11.5 Å². The van der Waals surface area contributed by atoms with Gasteiger partial charge in [-0.15, -0.1) is 0 Å². The summed E-state index contributed by atoms with van der Waals surface area (Å²) in [5, 5.41) is 0.656. The number of halogens is 3. The smallest absolute Gasteiger partial charge is 0.384 e. The summed E-state index contributed by atoms with van der Waals surface area (Å²) in [6, 6.07) is 2.61. The predicted octanol–water partition coefficient (Wildman–Crippen LogP) is 3.28. The molecular weight excluding hydrogens is 365 g/mol. The van der Waals surface area contributed by atoms with Gasteiger partial charge in [-0.3, -0.25) is 4.98 Å². The normalized spacial score (nSPS) is 13.3. The SMILES string of the molecule is CC(Sc1nc(N)cc(C(F)(F)F)n1)c1cc2c(CN)cn(C)c2cn1. The van der Waals surface area contributed by atoms with Crippen molar-refractivity contribution >= 4 is 28.5 Å². The molecule has 3 rings (SSSR count). The van der Waals surface area contributed by atoms with Crippen LogP contribution in [-0.4, -0.2) is 19.5 Å². The topological polar surface area (TPSA) is 95.6 Å². The van der Waals surface area contributed by atoms with Crippen LogP contribution in [0.2, 0.25) is 0 Å². The van der Waals surface area contributed by atoms with Crippen LogP contribution in [0.1, 0.15) is 29.1 Å². The predicted molar refractivity (Wildman–Crippen MR) is 94.3 cm³/mol. The van der Waals surface area contributed by atoms with Crippen LogP contribution in [0, 0.1) is 0 Å². The molecule has 0 aliphatic carbocycles. The number of nitrogens with two attached hydrogens (primary N) is 2. The number of aryl methyl sites for hydroxylation is 1. The third-order valence-electron chi connectivity index (χ3n) is 3.91. The van der Waals surface area contributed by atoms with Gasteiger partial charge >= 0.3 is 6.18 Å². The van der Waals surface area contributed by atoms with Crippen molar-refractivity contribution in [3.8, 4) is 0 Å². The van der Waals surface area contributed by atoms with Gasteiger partial charge in [-0.05, 0) is 18.6 Å². The lowest BCUT2D eigenvalue weighted by atomic mass is 10.1. The van der Waals surface area contributed by atoms with Gasteiger partial charge in [0.25, 0.3) is 0 Å². The Morgan fingerprint density at radius 3 is 2.65 bits per heavy atom. The van der Waals surface area contributed by atoms with E-state index in [-0.39, 0.29) is 16.2 Å². The zero-order chi connectivity index (χ0) is 19.1. The first kappa shape index (κ1) is 18.5. The van der Waals surface area contributed by atoms with Crippen LogP contribution in [0.4, 0.5) is 19.0 Å². The summed E-state index contributed by atoms with van der Waals surface area (Å²) in [5.74, 6) is -0.223. The van der Waals surface area contributed by atoms with Crippen molar-refractivity contribution in [1.29, 1.82) is 0 Å². The van der Waals surface area contributed by atoms with Gasteiger partial charge in [0, 0.05) is 31.2 Å². The van der Waals surface area contributed by atoms with Gasteiger partial charge in [0.05, 0.1) is 22.7 Å². The molecule has 0 saturated carbocycles. The number of anilines is 1. The highest BCUT2D eigenvalue weighted by Crippen LogP contribution is 2.36. The number of rotatable bonds is 4. The fraction of sp³-hybridized carbons (Fsp3) is 0.312. The number of pyridine rings is 1. The maximum absolute atomic E-state index is 12.9. The first-order valence-corrected chi connectivity index (χ1v) is 8.59. The summed E-state index contributed by atoms with van der Waals surface area (Å²) in [6.45, 7) is 2.21. The van der Waals surface area contributed by atoms with Crippen LogP contribution in [0.5, 0.6) is 0 Å². The Morgan fingerprint density at radius 2 is 2.00 bits per heavy atom. The molecule has 3 aromatic heterocycles. The van der Waals surface area contributed by atoms with E-state index in [9.17, 15) is 13.2 Å². The number of hydrogen-bond acceptors (Lipinski definition) is 6. The first-order chi connectivity index (χ1) is 12.2. The number of nitrogen functional groups attached to an aromatic ring is 1. The highest BCUT2D eigenvalue weighted by Gasteiger charge is 2.33. The summed E-state index contributed by atoms with van der Waals surface area (Å²) in [7, 11) is 1.90. The molecule has 6 nitrogen and oxygen atoms in total. The third kappa shape index (κ3) is 3.61. The molecule has 4 N–H and O–H groups in total. The quantitative estimate of drug-likeness (QED) is 0.531. The van der Waals surface area contributed by atoms with Gasteiger partial charge in [0.2, 0.25) is 0 Å². The van der Waals surface area contributed by atoms with E-state index in [4.69, 9.17) is 11.5 Å². The fourth-order valence-electron chi connectivity index (χ4n) is 2.62. The van der Waals surface area contributed by atoms with Gasteiger partial charge in [-0.2, -0.15) is 13.2 Å². The highest BCUT2D eigenvalue weighted by molar-refractivity contribution is 7.99. The lowest BCUT2D eigenvalue weighted by Gasteiger charge is -2.12. The van der Waals surface area contributed by atoms with Crippen molar-refractivity contribution in [2.45, 2.75) is 30.1 Å². The minimum Gasteiger partial charge on any atom is -0.384 e. The summed E-state index contributed by atoms with van der Waals surface area (Å²) in [5.41, 5.74) is 12.8. The van der Waals surface area contributed by atoms with Crippen LogP contribution in [-0.2, 0) is 19.8 Å². The summed E-state index contributed by atoms with van der Waals surface area (Å²) < 4.78 is 40.6. The van der Waals surface area contributed by atoms with Gasteiger partial charge in [0.1, 0.15) is 5.82 Å². The second kappa shape index (κ2) is 6.76. The average Bonchev–Trinajstić information content (AvgIpc) is 2.89. The third-order valence-corrected chi connectivity index (χ3v) is 4.90. The molecule has 1 atom stereocenters. The molecule has 10 heteroatoms. The van der Waals surface area contributed by atoms with Crippen molar-refractivity contribution in [2.24, 2.45) is 12.8 Å². The average molecular weight is 382 g/mol. The number of thioether (sulfide) groups is 1. The number of fused-ring (bicyclic) bond motifs is 1. The van der Waals surface area contributed by atoms with Crippen molar-refractivity contribution in [1.82, 2.24) is 19.5 Å². The molecule has 0 radical (unpaired) electrons. The second-order valence-electron chi connectivity index (χ2n) is 5.81. The Hall–Kier alpha value is -2.33. The minimum absolute atomic E-state index is 0.0427. The molecule has 1 unspecified atom stereocenters. The number of alkyl halides is 3. The van der Waals surface area contributed by atoms with E-state index < -0.39 is 11.9 Å². The molecule has 26 heavy (non-hydrogen) atoms. The van der Waals surface area contributed by atoms with Crippen molar-refractivity contribution in [2.75, 3.05) is 5.73 Å². The molecule has 0 aromatic carbocycles. The van der Waals surface area contributed by atoms with E-state index in [0.29, 0.717) is 12.2 Å². The lowest BCUT2D eigenvalue weighted by Crippen LogP contribution is -2.11. The second-order valence-corrected chi connectivity index (χ2v) is 7.12. The number of aromatic nitrogens is 4. The van der Waals surface area contributed by atoms with Crippen molar-refractivity contribution in [3.63, 3.8) is 0 Å². The maximum atomic E-state index is 12.9. The largest absolute Gasteiger partial charge is 0.433 e. The Labute approximate surface area is 151 Å². The molecule has 3 aromatic rings. The van der Waals surface area contributed by atoms with Crippen LogP contribution in [0.15, 0.2) is 29.7 Å². The fourth-order valence-corrected chi connectivity index (χ4v) is 3.49. The summed E-state index contributed by atoms with van der Waals surface area (Å²) in [4.78, 5) is 11.9. The maximum Gasteiger partial charge on any atom is 0.433 e. The van der Waals surface area contributed by atoms with Crippen molar-refractivity contribution in [3.05, 3.63) is 41.5 Å². The number of hydrogen-bond donors (Lipinski definition) is 2. The standard InChI is InChI=1S/C16H17F3N6S/c1-8(26-15-23-13(16(17,18)19)4-14(21)24-15)11-3-10-9(5-20)7-25(2)12(10)6-22-11/h3-4,6-8H,5,20H2,1-2H3,(H2,21,23,24). The monoisotopic (exact) mass is 382 g/mol. The zero-order valence-corrected chi connectivity index (χ0v) is 14.9. The molecule has 0 aliphatic heterocycles. The van der Waals surface area contributed by atoms with Crippen LogP contribution in [0.25, 0.3) is 10.9 Å². The lowest BCUT2D eigenvalue weighted by molar-refractivity contribution is -0.141. The Morgan fingerprint density at radius 1 is 1.27 bits per heavy atom. The first-order valence-electron chi connectivity index (χ1n) is 7.71. The van der Waals surface area contributed by atoms with E-state index in [1.54, 1.807) is 6.20 Å². The summed E-state index contributed by atoms with van der Waals surface area (Å²) >= 11 is 1.07. The molecular formula is C16H17F3N6S. The summed E-state index contributed by atoms with van der Waals surface area (Å²) in [6.07, 6.45) is -0.917. The molecule has 0 amide bonds. The molecule has 0 spiro atoms. The minimum atomic E-state index is -4.58. The molecule has 0 fully saturated rings. The van der Waals surface area contributed by atoms with E-state index >= 15 is 0 Å². The molecule has 0 aliphatic rings. The van der Waals surface area contributed by atoms with Crippen LogP contribution in [0.3, 0.4) is 0 Å². The van der Waals surface area contributed by atoms with Crippen molar-refractivity contribution < 1.29 is 13.2 Å². The Balaban J connectivity index is 1.92. The molecule has 3 heterocycles. The van der Waals surface area contributed by atoms with E-state index in [0.717, 1.165) is 34.3 Å². The van der Waals surface area contributed by atoms with Gasteiger partial charge in [-0.1, -0.05) is 11.8 Å². The molecule has 138 valence electrons. The van der Waals surface area contributed by atoms with Gasteiger partial charge < -0.3 is 16.0 Å². The Kier molecular flexibility index (Phi) is 4.80. The molecule has 0 saturated heterocycles. The Bertz CT molecular complexity index is 953. The zero-order valence-electron chi connectivity index (χ0n) is 14.1. The van der Waals surface area contributed by atoms with Gasteiger partial charge in [0.15, 0.2) is 10.9 Å².